The second-order valence-electron chi connectivity index (χ2n) is 6.94. The van der Waals surface area contributed by atoms with Gasteiger partial charge in [0, 0.05) is 59.2 Å². The van der Waals surface area contributed by atoms with Crippen LogP contribution in [0.15, 0.2) is 47.7 Å². The van der Waals surface area contributed by atoms with E-state index in [1.54, 1.807) is 29.9 Å². The first-order valence-corrected chi connectivity index (χ1v) is 9.89. The van der Waals surface area contributed by atoms with Gasteiger partial charge >= 0.3 is 0 Å². The van der Waals surface area contributed by atoms with Crippen molar-refractivity contribution in [3.63, 3.8) is 0 Å². The molecule has 29 heavy (non-hydrogen) atoms. The third kappa shape index (κ3) is 8.63. The lowest BCUT2D eigenvalue weighted by atomic mass is 10.3. The highest BCUT2D eigenvalue weighted by Crippen LogP contribution is 2.10. The minimum absolute atomic E-state index is 0.0301. The van der Waals surface area contributed by atoms with Crippen LogP contribution in [0.5, 0.6) is 0 Å². The van der Waals surface area contributed by atoms with Crippen molar-refractivity contribution in [2.75, 3.05) is 52.2 Å². The van der Waals surface area contributed by atoms with Crippen LogP contribution in [-0.4, -0.2) is 79.1 Å². The highest BCUT2D eigenvalue weighted by molar-refractivity contribution is 5.84. The van der Waals surface area contributed by atoms with Gasteiger partial charge in [-0.05, 0) is 25.0 Å². The van der Waals surface area contributed by atoms with Crippen LogP contribution in [0.1, 0.15) is 12.8 Å². The van der Waals surface area contributed by atoms with Crippen LogP contribution in [0, 0.1) is 0 Å². The minimum atomic E-state index is -0.0301. The topological polar surface area (TPSA) is 90.7 Å². The number of nitrogens with one attached hydrogen (secondary N) is 2. The zero-order valence-electron chi connectivity index (χ0n) is 17.6. The van der Waals surface area contributed by atoms with Gasteiger partial charge in [0.05, 0.1) is 6.20 Å². The first-order chi connectivity index (χ1) is 14.1. The molecule has 2 rings (SSSR count). The number of amides is 1. The Balaban J connectivity index is 1.75. The van der Waals surface area contributed by atoms with Crippen LogP contribution in [0.2, 0.25) is 0 Å². The number of aliphatic imine (C=N–C) groups is 1. The Morgan fingerprint density at radius 2 is 1.83 bits per heavy atom. The number of para-hydroxylation sites is 1. The van der Waals surface area contributed by atoms with Crippen molar-refractivity contribution in [3.8, 4) is 0 Å². The van der Waals surface area contributed by atoms with E-state index in [1.165, 1.54) is 5.69 Å². The summed E-state index contributed by atoms with van der Waals surface area (Å²) in [6.07, 6.45) is 5.34. The van der Waals surface area contributed by atoms with Gasteiger partial charge in [0.25, 0.3) is 0 Å². The SMILES string of the molecule is CN(C)C(=O)CN=C(NCCCN(C)c1ccccc1)NCCCn1ccnn1. The fraction of sp³-hybridized carbons (Fsp3) is 0.500. The van der Waals surface area contributed by atoms with Gasteiger partial charge in [-0.1, -0.05) is 23.4 Å². The molecule has 0 spiro atoms. The molecule has 0 atom stereocenters. The van der Waals surface area contributed by atoms with E-state index in [1.807, 2.05) is 24.4 Å². The van der Waals surface area contributed by atoms with Crippen molar-refractivity contribution in [2.24, 2.45) is 4.99 Å². The van der Waals surface area contributed by atoms with Crippen LogP contribution >= 0.6 is 0 Å². The number of aryl methyl sites for hydroxylation is 1. The number of carbonyl (C=O) groups excluding carboxylic acids is 1. The minimum Gasteiger partial charge on any atom is -0.375 e. The summed E-state index contributed by atoms with van der Waals surface area (Å²) < 4.78 is 1.79. The van der Waals surface area contributed by atoms with E-state index in [4.69, 9.17) is 0 Å². The quantitative estimate of drug-likeness (QED) is 0.330. The number of carbonyl (C=O) groups is 1. The van der Waals surface area contributed by atoms with Crippen LogP contribution in [-0.2, 0) is 11.3 Å². The second-order valence-corrected chi connectivity index (χ2v) is 6.94. The molecule has 0 radical (unpaired) electrons. The summed E-state index contributed by atoms with van der Waals surface area (Å²) in [6, 6.07) is 10.3. The van der Waals surface area contributed by atoms with Crippen molar-refractivity contribution in [1.82, 2.24) is 30.5 Å². The molecule has 1 aromatic carbocycles. The van der Waals surface area contributed by atoms with E-state index in [0.717, 1.165) is 39.0 Å². The van der Waals surface area contributed by atoms with Gasteiger partial charge in [-0.2, -0.15) is 0 Å². The molecule has 1 aromatic heterocycles. The number of aromatic nitrogens is 3. The van der Waals surface area contributed by atoms with E-state index in [2.05, 4.69) is 50.0 Å². The Kier molecular flexibility index (Phi) is 9.47. The molecule has 158 valence electrons. The van der Waals surface area contributed by atoms with Gasteiger partial charge in [-0.3, -0.25) is 9.48 Å². The summed E-state index contributed by atoms with van der Waals surface area (Å²) in [4.78, 5) is 20.0. The number of rotatable bonds is 11. The molecule has 0 aliphatic carbocycles. The standard InChI is InChI=1S/C20H32N8O/c1-26(2)19(29)17-23-20(22-12-8-15-28-16-13-24-25-28)21-11-7-14-27(3)18-9-5-4-6-10-18/h4-6,9-10,13,16H,7-8,11-12,14-15,17H2,1-3H3,(H2,21,22,23). The van der Waals surface area contributed by atoms with E-state index in [0.29, 0.717) is 5.96 Å². The summed E-state index contributed by atoms with van der Waals surface area (Å²) in [7, 11) is 5.55. The van der Waals surface area contributed by atoms with Crippen LogP contribution in [0.4, 0.5) is 5.69 Å². The predicted molar refractivity (Wildman–Crippen MR) is 116 cm³/mol. The highest BCUT2D eigenvalue weighted by atomic mass is 16.2. The maximum absolute atomic E-state index is 11.8. The number of anilines is 1. The number of hydrogen-bond donors (Lipinski definition) is 2. The molecule has 0 bridgehead atoms. The van der Waals surface area contributed by atoms with Crippen molar-refractivity contribution in [2.45, 2.75) is 19.4 Å². The van der Waals surface area contributed by atoms with Gasteiger partial charge in [0.2, 0.25) is 5.91 Å². The van der Waals surface area contributed by atoms with Crippen molar-refractivity contribution >= 4 is 17.6 Å². The largest absolute Gasteiger partial charge is 0.375 e. The van der Waals surface area contributed by atoms with Gasteiger partial charge in [0.15, 0.2) is 5.96 Å². The summed E-state index contributed by atoms with van der Waals surface area (Å²) in [5.74, 6) is 0.624. The van der Waals surface area contributed by atoms with Gasteiger partial charge < -0.3 is 20.4 Å². The first kappa shape index (κ1) is 22.2. The summed E-state index contributed by atoms with van der Waals surface area (Å²) in [6.45, 7) is 3.31. The number of guanidine groups is 1. The average molecular weight is 401 g/mol. The van der Waals surface area contributed by atoms with Crippen molar-refractivity contribution in [1.29, 1.82) is 0 Å². The van der Waals surface area contributed by atoms with Crippen molar-refractivity contribution in [3.05, 3.63) is 42.7 Å². The molecule has 9 heteroatoms. The monoisotopic (exact) mass is 400 g/mol. The van der Waals surface area contributed by atoms with Gasteiger partial charge in [0.1, 0.15) is 6.54 Å². The zero-order valence-corrected chi connectivity index (χ0v) is 17.6. The fourth-order valence-corrected chi connectivity index (χ4v) is 2.60. The molecular formula is C20H32N8O. The van der Waals surface area contributed by atoms with Crippen LogP contribution in [0.25, 0.3) is 0 Å². The number of likely N-dealkylation sites (N-methyl/N-ethyl adjacent to an activating group) is 1. The molecule has 0 unspecified atom stereocenters. The predicted octanol–water partition coefficient (Wildman–Crippen LogP) is 0.818. The molecule has 9 nitrogen and oxygen atoms in total. The Morgan fingerprint density at radius 1 is 1.10 bits per heavy atom. The molecule has 0 saturated carbocycles. The molecule has 0 fully saturated rings. The van der Waals surface area contributed by atoms with Gasteiger partial charge in [-0.15, -0.1) is 5.10 Å². The Hall–Kier alpha value is -3.10. The van der Waals surface area contributed by atoms with E-state index in [9.17, 15) is 4.79 Å². The van der Waals surface area contributed by atoms with E-state index < -0.39 is 0 Å². The maximum atomic E-state index is 11.8. The smallest absolute Gasteiger partial charge is 0.243 e. The van der Waals surface area contributed by atoms with E-state index >= 15 is 0 Å². The first-order valence-electron chi connectivity index (χ1n) is 9.89. The third-order valence-electron chi connectivity index (χ3n) is 4.36. The number of hydrogen-bond acceptors (Lipinski definition) is 5. The Morgan fingerprint density at radius 3 is 2.48 bits per heavy atom. The lowest BCUT2D eigenvalue weighted by Gasteiger charge is -2.20. The highest BCUT2D eigenvalue weighted by Gasteiger charge is 2.05. The van der Waals surface area contributed by atoms with Crippen LogP contribution < -0.4 is 15.5 Å². The maximum Gasteiger partial charge on any atom is 0.243 e. The van der Waals surface area contributed by atoms with Crippen molar-refractivity contribution < 1.29 is 4.79 Å². The molecule has 2 aromatic rings. The Labute approximate surface area is 172 Å². The molecule has 2 N–H and O–H groups in total. The van der Waals surface area contributed by atoms with Crippen LogP contribution in [0.3, 0.4) is 0 Å². The molecule has 0 saturated heterocycles. The molecule has 0 aliphatic rings. The molecule has 0 aliphatic heterocycles. The molecule has 1 heterocycles. The zero-order chi connectivity index (χ0) is 20.9. The van der Waals surface area contributed by atoms with Gasteiger partial charge in [-0.25, -0.2) is 4.99 Å². The number of nitrogens with zero attached hydrogens (tertiary/aromatic N) is 6. The lowest BCUT2D eigenvalue weighted by molar-refractivity contribution is -0.127. The molecular weight excluding hydrogens is 368 g/mol. The normalized spacial score (nSPS) is 11.2. The second kappa shape index (κ2) is 12.4. The average Bonchev–Trinajstić information content (AvgIpc) is 3.25. The molecule has 1 amide bonds. The summed E-state index contributed by atoms with van der Waals surface area (Å²) >= 11 is 0. The fourth-order valence-electron chi connectivity index (χ4n) is 2.60. The lowest BCUT2D eigenvalue weighted by Crippen LogP contribution is -2.40. The third-order valence-corrected chi connectivity index (χ3v) is 4.36. The Bertz CT molecular complexity index is 730. The summed E-state index contributed by atoms with van der Waals surface area (Å²) in [5.41, 5.74) is 1.20. The van der Waals surface area contributed by atoms with E-state index in [-0.39, 0.29) is 12.5 Å². The number of benzene rings is 1. The summed E-state index contributed by atoms with van der Waals surface area (Å²) in [5, 5.41) is 14.4.